The van der Waals surface area contributed by atoms with Crippen molar-refractivity contribution in [3.8, 4) is 17.2 Å². The highest BCUT2D eigenvalue weighted by molar-refractivity contribution is 5.89. The molecule has 0 spiro atoms. The number of nitrogens with one attached hydrogen (secondary N) is 1. The first-order chi connectivity index (χ1) is 17.3. The zero-order chi connectivity index (χ0) is 25.9. The maximum absolute atomic E-state index is 13.1. The Balaban J connectivity index is 1.77. The number of fused-ring (bicyclic) bond motifs is 3. The molecule has 8 heteroatoms. The first-order valence-electron chi connectivity index (χ1n) is 12.3. The molecule has 0 saturated carbocycles. The van der Waals surface area contributed by atoms with Crippen LogP contribution in [0.1, 0.15) is 44.7 Å². The molecular formula is C28H30F3N5. The minimum absolute atomic E-state index is 0.137. The van der Waals surface area contributed by atoms with Crippen LogP contribution in [-0.2, 0) is 6.18 Å². The Hall–Kier alpha value is -3.57. The number of para-hydroxylation sites is 2. The Morgan fingerprint density at radius 3 is 2.42 bits per heavy atom. The average Bonchev–Trinajstić information content (AvgIpc) is 3.26. The molecule has 36 heavy (non-hydrogen) atoms. The molecule has 0 aliphatic rings. The van der Waals surface area contributed by atoms with Gasteiger partial charge in [0.15, 0.2) is 5.65 Å². The second kappa shape index (κ2) is 10.6. The third-order valence-electron chi connectivity index (χ3n) is 6.61. The Labute approximate surface area is 209 Å². The van der Waals surface area contributed by atoms with Crippen molar-refractivity contribution >= 4 is 22.5 Å². The van der Waals surface area contributed by atoms with E-state index in [-0.39, 0.29) is 6.04 Å². The van der Waals surface area contributed by atoms with Crippen LogP contribution in [0.15, 0.2) is 54.6 Å². The molecule has 0 fully saturated rings. The Kier molecular flexibility index (Phi) is 7.51. The molecule has 0 aliphatic heterocycles. The number of benzene rings is 2. The second-order valence-electron chi connectivity index (χ2n) is 8.98. The number of pyridine rings is 1. The van der Waals surface area contributed by atoms with E-state index in [4.69, 9.17) is 4.98 Å². The van der Waals surface area contributed by atoms with Crippen molar-refractivity contribution in [3.05, 3.63) is 65.7 Å². The molecule has 1 unspecified atom stereocenters. The van der Waals surface area contributed by atoms with Gasteiger partial charge in [-0.25, -0.2) is 4.98 Å². The number of nitriles is 1. The molecule has 0 bridgehead atoms. The predicted molar refractivity (Wildman–Crippen MR) is 138 cm³/mol. The summed E-state index contributed by atoms with van der Waals surface area (Å²) in [6, 6.07) is 16.8. The van der Waals surface area contributed by atoms with E-state index >= 15 is 0 Å². The highest BCUT2D eigenvalue weighted by atomic mass is 19.4. The number of alkyl halides is 3. The number of imidazole rings is 1. The Morgan fingerprint density at radius 1 is 1.08 bits per heavy atom. The summed E-state index contributed by atoms with van der Waals surface area (Å²) in [5.74, 6) is 0.753. The van der Waals surface area contributed by atoms with Crippen LogP contribution >= 0.6 is 0 Å². The van der Waals surface area contributed by atoms with Gasteiger partial charge in [-0.15, -0.1) is 0 Å². The van der Waals surface area contributed by atoms with E-state index in [0.29, 0.717) is 22.3 Å². The third kappa shape index (κ3) is 5.17. The first kappa shape index (κ1) is 25.5. The predicted octanol–water partition coefficient (Wildman–Crippen LogP) is 6.97. The van der Waals surface area contributed by atoms with Gasteiger partial charge in [0, 0.05) is 11.6 Å². The minimum Gasteiger partial charge on any atom is -0.369 e. The average molecular weight is 494 g/mol. The van der Waals surface area contributed by atoms with Crippen LogP contribution in [0.25, 0.3) is 27.8 Å². The molecule has 1 N–H and O–H groups in total. The van der Waals surface area contributed by atoms with Crippen molar-refractivity contribution in [3.63, 3.8) is 0 Å². The van der Waals surface area contributed by atoms with Crippen LogP contribution in [0.4, 0.5) is 19.0 Å². The number of nitrogens with zero attached hydrogens (tertiary/aromatic N) is 4. The lowest BCUT2D eigenvalue weighted by atomic mass is 9.99. The van der Waals surface area contributed by atoms with E-state index in [1.807, 2.05) is 34.7 Å². The van der Waals surface area contributed by atoms with Gasteiger partial charge in [-0.1, -0.05) is 38.1 Å². The highest BCUT2D eigenvalue weighted by Gasteiger charge is 2.30. The van der Waals surface area contributed by atoms with E-state index in [0.717, 1.165) is 61.5 Å². The summed E-state index contributed by atoms with van der Waals surface area (Å²) in [5, 5.41) is 13.7. The van der Waals surface area contributed by atoms with Crippen LogP contribution < -0.4 is 5.32 Å². The molecule has 0 aliphatic carbocycles. The van der Waals surface area contributed by atoms with Gasteiger partial charge in [0.1, 0.15) is 17.5 Å². The van der Waals surface area contributed by atoms with E-state index in [9.17, 15) is 18.4 Å². The van der Waals surface area contributed by atoms with Crippen molar-refractivity contribution in [2.24, 2.45) is 0 Å². The largest absolute Gasteiger partial charge is 0.416 e. The van der Waals surface area contributed by atoms with Gasteiger partial charge in [0.05, 0.1) is 16.6 Å². The molecule has 4 rings (SSSR count). The van der Waals surface area contributed by atoms with Crippen molar-refractivity contribution in [1.29, 1.82) is 5.26 Å². The number of hydrogen-bond acceptors (Lipinski definition) is 4. The summed E-state index contributed by atoms with van der Waals surface area (Å²) in [5.41, 5.74) is 2.77. The molecule has 0 radical (unpaired) electrons. The smallest absolute Gasteiger partial charge is 0.369 e. The lowest BCUT2D eigenvalue weighted by Crippen LogP contribution is -2.26. The summed E-state index contributed by atoms with van der Waals surface area (Å²) < 4.78 is 41.3. The van der Waals surface area contributed by atoms with Gasteiger partial charge in [-0.3, -0.25) is 4.40 Å². The maximum atomic E-state index is 13.1. The fourth-order valence-corrected chi connectivity index (χ4v) is 4.60. The number of aromatic nitrogens is 2. The lowest BCUT2D eigenvalue weighted by molar-refractivity contribution is -0.137. The summed E-state index contributed by atoms with van der Waals surface area (Å²) in [4.78, 5) is 7.11. The second-order valence-corrected chi connectivity index (χ2v) is 8.98. The first-order valence-corrected chi connectivity index (χ1v) is 12.3. The third-order valence-corrected chi connectivity index (χ3v) is 6.61. The molecule has 0 amide bonds. The fourth-order valence-electron chi connectivity index (χ4n) is 4.60. The number of rotatable bonds is 9. The van der Waals surface area contributed by atoms with Gasteiger partial charge < -0.3 is 10.2 Å². The zero-order valence-electron chi connectivity index (χ0n) is 20.7. The highest BCUT2D eigenvalue weighted by Crippen LogP contribution is 2.35. The van der Waals surface area contributed by atoms with E-state index < -0.39 is 11.7 Å². The lowest BCUT2D eigenvalue weighted by Gasteiger charge is -2.21. The summed E-state index contributed by atoms with van der Waals surface area (Å²) in [6.07, 6.45) is -2.44. The van der Waals surface area contributed by atoms with Crippen LogP contribution in [0.5, 0.6) is 0 Å². The number of halogens is 3. The minimum atomic E-state index is -4.42. The van der Waals surface area contributed by atoms with Crippen LogP contribution in [-0.4, -0.2) is 40.0 Å². The van der Waals surface area contributed by atoms with E-state index in [1.54, 1.807) is 0 Å². The molecule has 0 saturated heterocycles. The fraction of sp³-hybridized carbons (Fsp3) is 0.357. The van der Waals surface area contributed by atoms with Crippen molar-refractivity contribution in [1.82, 2.24) is 14.3 Å². The van der Waals surface area contributed by atoms with Crippen molar-refractivity contribution in [2.75, 3.05) is 25.0 Å². The molecule has 2 aromatic carbocycles. The van der Waals surface area contributed by atoms with Gasteiger partial charge in [-0.2, -0.15) is 18.4 Å². The van der Waals surface area contributed by atoms with Gasteiger partial charge in [0.2, 0.25) is 0 Å². The number of hydrogen-bond donors (Lipinski definition) is 1. The van der Waals surface area contributed by atoms with Crippen LogP contribution in [0.3, 0.4) is 0 Å². The maximum Gasteiger partial charge on any atom is 0.416 e. The summed E-state index contributed by atoms with van der Waals surface area (Å²) in [6.45, 7) is 9.49. The zero-order valence-corrected chi connectivity index (χ0v) is 20.7. The van der Waals surface area contributed by atoms with Gasteiger partial charge >= 0.3 is 6.18 Å². The van der Waals surface area contributed by atoms with Crippen LogP contribution in [0, 0.1) is 11.3 Å². The number of anilines is 1. The van der Waals surface area contributed by atoms with Crippen LogP contribution in [0.2, 0.25) is 0 Å². The quantitative estimate of drug-likeness (QED) is 0.274. The molecule has 188 valence electrons. The SMILES string of the molecule is CCN(CC)CCCC(C)Nc1cc(-c2ccc(C(F)(F)F)cc2)c(C#N)c2nc3ccccc3n12. The van der Waals surface area contributed by atoms with E-state index in [1.165, 1.54) is 12.1 Å². The van der Waals surface area contributed by atoms with Gasteiger partial charge in [-0.05, 0) is 75.3 Å². The van der Waals surface area contributed by atoms with E-state index in [2.05, 4.69) is 37.1 Å². The molecule has 5 nitrogen and oxygen atoms in total. The monoisotopic (exact) mass is 493 g/mol. The molecular weight excluding hydrogens is 463 g/mol. The summed E-state index contributed by atoms with van der Waals surface area (Å²) >= 11 is 0. The topological polar surface area (TPSA) is 56.4 Å². The Morgan fingerprint density at radius 2 is 1.78 bits per heavy atom. The molecule has 4 aromatic rings. The van der Waals surface area contributed by atoms with Crippen molar-refractivity contribution < 1.29 is 13.2 Å². The standard InChI is InChI=1S/C28H30F3N5/c1-4-35(5-2)16-8-9-19(3)33-26-17-22(20-12-14-21(15-13-20)28(29,30)31)23(18-32)27-34-24-10-6-7-11-25(24)36(26)27/h6-7,10-15,17,19,33H,4-5,8-9,16H2,1-3H3. The normalized spacial score (nSPS) is 12.8. The van der Waals surface area contributed by atoms with Crippen molar-refractivity contribution in [2.45, 2.75) is 45.8 Å². The molecule has 1 atom stereocenters. The summed E-state index contributed by atoms with van der Waals surface area (Å²) in [7, 11) is 0. The Bertz CT molecular complexity index is 1380. The van der Waals surface area contributed by atoms with Gasteiger partial charge in [0.25, 0.3) is 0 Å². The molecule has 2 aromatic heterocycles. The molecule has 2 heterocycles.